The van der Waals surface area contributed by atoms with Crippen molar-refractivity contribution < 1.29 is 0 Å². The minimum atomic E-state index is -2.85. The Morgan fingerprint density at radius 2 is 0.942 bits per heavy atom. The zero-order valence-electron chi connectivity index (χ0n) is 28.0. The maximum Gasteiger partial charge on any atom is 0.188 e. The maximum absolute atomic E-state index is 4.90. The van der Waals surface area contributed by atoms with Crippen LogP contribution in [0.3, 0.4) is 0 Å². The van der Waals surface area contributed by atoms with Crippen LogP contribution in [0.25, 0.3) is 27.6 Å². The Labute approximate surface area is 301 Å². The van der Waals surface area contributed by atoms with Gasteiger partial charge in [0.15, 0.2) is 8.07 Å². The third kappa shape index (κ3) is 3.85. The highest BCUT2D eigenvalue weighted by Crippen LogP contribution is 2.44. The van der Waals surface area contributed by atoms with Gasteiger partial charge in [-0.2, -0.15) is 0 Å². The summed E-state index contributed by atoms with van der Waals surface area (Å²) in [7, 11) is -2.85. The average molecular weight is 683 g/mol. The number of benzene rings is 6. The van der Waals surface area contributed by atoms with E-state index in [0.29, 0.717) is 0 Å². The summed E-state index contributed by atoms with van der Waals surface area (Å²) in [6.07, 6.45) is 7.15. The van der Waals surface area contributed by atoms with Gasteiger partial charge in [-0.25, -0.2) is 9.97 Å². The molecule has 6 aromatic carbocycles. The topological polar surface area (TPSA) is 50.1 Å². The first-order valence-electron chi connectivity index (χ1n) is 17.5. The first-order valence-corrected chi connectivity index (χ1v) is 19.5. The lowest BCUT2D eigenvalue weighted by Gasteiger charge is -2.50. The van der Waals surface area contributed by atoms with Crippen molar-refractivity contribution in [3.8, 4) is 5.69 Å². The molecule has 0 aliphatic carbocycles. The molecule has 244 valence electrons. The molecule has 6 nitrogen and oxygen atoms in total. The van der Waals surface area contributed by atoms with Crippen molar-refractivity contribution in [1.82, 2.24) is 19.5 Å². The van der Waals surface area contributed by atoms with Gasteiger partial charge in [-0.3, -0.25) is 4.98 Å². The summed E-state index contributed by atoms with van der Waals surface area (Å²) in [4.78, 5) is 18.5. The van der Waals surface area contributed by atoms with Crippen LogP contribution in [0.5, 0.6) is 0 Å². The van der Waals surface area contributed by atoms with Gasteiger partial charge in [0.1, 0.15) is 6.33 Å². The van der Waals surface area contributed by atoms with Crippen molar-refractivity contribution in [2.45, 2.75) is 0 Å². The molecule has 9 aromatic rings. The molecular weight excluding hydrogens is 653 g/mol. The Morgan fingerprint density at radius 3 is 1.52 bits per heavy atom. The fraction of sp³-hybridized carbons (Fsp3) is 0. The molecule has 3 aromatic heterocycles. The molecule has 0 atom stereocenters. The van der Waals surface area contributed by atoms with E-state index < -0.39 is 8.07 Å². The zero-order chi connectivity index (χ0) is 34.2. The number of para-hydroxylation sites is 5. The quantitative estimate of drug-likeness (QED) is 0.177. The van der Waals surface area contributed by atoms with Gasteiger partial charge in [0.2, 0.25) is 0 Å². The summed E-state index contributed by atoms with van der Waals surface area (Å²) in [5, 5.41) is 6.62. The van der Waals surface area contributed by atoms with Gasteiger partial charge < -0.3 is 14.4 Å². The number of nitrogens with zero attached hydrogens (tertiary/aromatic N) is 6. The predicted molar refractivity (Wildman–Crippen MR) is 214 cm³/mol. The first-order chi connectivity index (χ1) is 25.8. The molecule has 52 heavy (non-hydrogen) atoms. The second-order valence-electron chi connectivity index (χ2n) is 13.3. The van der Waals surface area contributed by atoms with Gasteiger partial charge in [-0.1, -0.05) is 91.0 Å². The van der Waals surface area contributed by atoms with Crippen molar-refractivity contribution in [1.29, 1.82) is 0 Å². The lowest BCUT2D eigenvalue weighted by Crippen LogP contribution is -2.79. The Balaban J connectivity index is 1.20. The van der Waals surface area contributed by atoms with E-state index in [9.17, 15) is 0 Å². The molecule has 0 N–H and O–H groups in total. The number of aromatic nitrogens is 4. The third-order valence-electron chi connectivity index (χ3n) is 10.8. The maximum atomic E-state index is 4.90. The van der Waals surface area contributed by atoms with Crippen LogP contribution in [0, 0.1) is 0 Å². The van der Waals surface area contributed by atoms with Crippen molar-refractivity contribution in [3.63, 3.8) is 0 Å². The van der Waals surface area contributed by atoms with Gasteiger partial charge in [0.05, 0.1) is 34.6 Å². The molecule has 5 heterocycles. The monoisotopic (exact) mass is 682 g/mol. The highest BCUT2D eigenvalue weighted by Gasteiger charge is 2.53. The fourth-order valence-corrected chi connectivity index (χ4v) is 14.3. The van der Waals surface area contributed by atoms with Crippen LogP contribution in [-0.2, 0) is 0 Å². The van der Waals surface area contributed by atoms with Crippen molar-refractivity contribution in [3.05, 3.63) is 183 Å². The number of hydrogen-bond acceptors (Lipinski definition) is 5. The van der Waals surface area contributed by atoms with Crippen LogP contribution in [0.1, 0.15) is 0 Å². The number of hydrogen-bond donors (Lipinski definition) is 0. The van der Waals surface area contributed by atoms with Crippen LogP contribution in [0.4, 0.5) is 34.1 Å². The Morgan fingerprint density at radius 1 is 0.423 bits per heavy atom. The Hall–Kier alpha value is -6.83. The highest BCUT2D eigenvalue weighted by molar-refractivity contribution is 7.23. The summed E-state index contributed by atoms with van der Waals surface area (Å²) in [5.41, 5.74) is 11.1. The predicted octanol–water partition coefficient (Wildman–Crippen LogP) is 7.91. The molecule has 0 bridgehead atoms. The lowest BCUT2D eigenvalue weighted by atomic mass is 10.1. The molecule has 0 unspecified atom stereocenters. The van der Waals surface area contributed by atoms with Crippen molar-refractivity contribution >= 4 is 84.9 Å². The van der Waals surface area contributed by atoms with Gasteiger partial charge in [0.25, 0.3) is 0 Å². The van der Waals surface area contributed by atoms with Crippen molar-refractivity contribution in [2.24, 2.45) is 0 Å². The summed E-state index contributed by atoms with van der Waals surface area (Å²) in [6, 6.07) is 58.0. The van der Waals surface area contributed by atoms with E-state index >= 15 is 0 Å². The normalized spacial score (nSPS) is 13.8. The molecule has 0 amide bonds. The SMILES string of the molecule is c1ccc(N2c3ccccc3[Si]3(c4ccccc42)c2ccccc2N(c2ccc4c(c2)c2ncccc2n4-c2cncnc2)c2ccccc23)cc1. The van der Waals surface area contributed by atoms with Gasteiger partial charge in [-0.15, -0.1) is 0 Å². The molecule has 1 spiro atoms. The molecule has 11 rings (SSSR count). The second kappa shape index (κ2) is 11.1. The van der Waals surface area contributed by atoms with E-state index in [2.05, 4.69) is 176 Å². The second-order valence-corrected chi connectivity index (χ2v) is 17.0. The third-order valence-corrected chi connectivity index (χ3v) is 15.7. The van der Waals surface area contributed by atoms with E-state index in [0.717, 1.165) is 39.0 Å². The first kappa shape index (κ1) is 29.0. The van der Waals surface area contributed by atoms with Gasteiger partial charge >= 0.3 is 0 Å². The van der Waals surface area contributed by atoms with E-state index in [1.807, 2.05) is 24.7 Å². The largest absolute Gasteiger partial charge is 0.311 e. The van der Waals surface area contributed by atoms with Gasteiger partial charge in [0, 0.05) is 45.7 Å². The molecule has 0 fully saturated rings. The van der Waals surface area contributed by atoms with Crippen LogP contribution in [0.2, 0.25) is 0 Å². The van der Waals surface area contributed by atoms with Crippen LogP contribution in [-0.4, -0.2) is 27.6 Å². The molecule has 2 aliphatic heterocycles. The standard InChI is InChI=1S/C45H30N6Si/c1-2-13-31(14-3-1)49-36-15-4-8-20-41(36)52(42-21-9-5-16-37(42)49)43-22-10-6-17-38(43)50(39-18-7-11-23-44(39)52)32-24-25-35-34(27-32)45-40(19-12-26-48-45)51(35)33-28-46-30-47-29-33/h1-30H. The minimum Gasteiger partial charge on any atom is -0.311 e. The van der Waals surface area contributed by atoms with Crippen LogP contribution < -0.4 is 30.5 Å². The number of rotatable bonds is 3. The lowest BCUT2D eigenvalue weighted by molar-refractivity contribution is 1.07. The van der Waals surface area contributed by atoms with E-state index in [4.69, 9.17) is 4.98 Å². The average Bonchev–Trinajstić information content (AvgIpc) is 3.55. The minimum absolute atomic E-state index is 0.907. The van der Waals surface area contributed by atoms with Gasteiger partial charge in [-0.05, 0) is 87.5 Å². The fourth-order valence-electron chi connectivity index (χ4n) is 8.85. The summed E-state index contributed by atoms with van der Waals surface area (Å²) in [5.74, 6) is 0. The number of pyridine rings is 1. The number of fused-ring (bicyclic) bond motifs is 11. The highest BCUT2D eigenvalue weighted by atomic mass is 28.3. The molecule has 7 heteroatoms. The Kier molecular flexibility index (Phi) is 6.17. The summed E-state index contributed by atoms with van der Waals surface area (Å²) in [6.45, 7) is 0. The molecule has 0 radical (unpaired) electrons. The van der Waals surface area contributed by atoms with Crippen LogP contribution >= 0.6 is 0 Å². The molecular formula is C45H30N6Si. The molecule has 2 aliphatic rings. The summed E-state index contributed by atoms with van der Waals surface area (Å²) >= 11 is 0. The number of anilines is 6. The smallest absolute Gasteiger partial charge is 0.188 e. The zero-order valence-corrected chi connectivity index (χ0v) is 29.0. The molecule has 0 saturated heterocycles. The van der Waals surface area contributed by atoms with Crippen molar-refractivity contribution in [2.75, 3.05) is 9.80 Å². The molecule has 0 saturated carbocycles. The van der Waals surface area contributed by atoms with Crippen LogP contribution in [0.15, 0.2) is 183 Å². The van der Waals surface area contributed by atoms with E-state index in [1.54, 1.807) is 6.33 Å². The Bertz CT molecular complexity index is 2740. The summed E-state index contributed by atoms with van der Waals surface area (Å²) < 4.78 is 2.20. The van der Waals surface area contributed by atoms with E-state index in [1.165, 1.54) is 43.5 Å². The van der Waals surface area contributed by atoms with E-state index in [-0.39, 0.29) is 0 Å².